The third-order valence-corrected chi connectivity index (χ3v) is 3.43. The zero-order valence-electron chi connectivity index (χ0n) is 14.0. The number of nitrogens with one attached hydrogen (secondary N) is 3. The largest absolute Gasteiger partial charge is 0.480 e. The molecule has 0 radical (unpaired) electrons. The Morgan fingerprint density at radius 3 is 1.81 bits per heavy atom. The van der Waals surface area contributed by atoms with Crippen molar-refractivity contribution < 1.29 is 34.2 Å². The first kappa shape index (κ1) is 23.6. The SMILES string of the molecule is CC(N)C(=O)NC(CO)C(=O)NC(CC(N)=O)C(=O)NC(CS)C(=O)O. The molecular formula is C13H23N5O7S. The van der Waals surface area contributed by atoms with Crippen LogP contribution in [0.4, 0.5) is 0 Å². The highest BCUT2D eigenvalue weighted by molar-refractivity contribution is 7.80. The van der Waals surface area contributed by atoms with Gasteiger partial charge in [0.05, 0.1) is 19.1 Å². The fraction of sp³-hybridized carbons (Fsp3) is 0.615. The van der Waals surface area contributed by atoms with E-state index in [0.717, 1.165) is 0 Å². The van der Waals surface area contributed by atoms with Crippen LogP contribution in [0.25, 0.3) is 0 Å². The first-order chi connectivity index (χ1) is 12.0. The molecule has 13 heteroatoms. The van der Waals surface area contributed by atoms with E-state index in [1.165, 1.54) is 6.92 Å². The lowest BCUT2D eigenvalue weighted by Gasteiger charge is -2.23. The maximum atomic E-state index is 12.1. The number of hydrogen-bond acceptors (Lipinski definition) is 8. The summed E-state index contributed by atoms with van der Waals surface area (Å²) in [7, 11) is 0. The molecule has 0 aliphatic carbocycles. The summed E-state index contributed by atoms with van der Waals surface area (Å²) < 4.78 is 0. The summed E-state index contributed by atoms with van der Waals surface area (Å²) in [5.74, 6) is -5.24. The number of carbonyl (C=O) groups is 5. The van der Waals surface area contributed by atoms with Crippen LogP contribution in [0.2, 0.25) is 0 Å². The monoisotopic (exact) mass is 393 g/mol. The molecule has 0 fully saturated rings. The van der Waals surface area contributed by atoms with Crippen LogP contribution in [-0.2, 0) is 24.0 Å². The third-order valence-electron chi connectivity index (χ3n) is 3.06. The maximum Gasteiger partial charge on any atom is 0.327 e. The molecule has 4 amide bonds. The van der Waals surface area contributed by atoms with E-state index in [9.17, 15) is 29.1 Å². The van der Waals surface area contributed by atoms with Crippen LogP contribution < -0.4 is 27.4 Å². The molecule has 9 N–H and O–H groups in total. The highest BCUT2D eigenvalue weighted by Gasteiger charge is 2.30. The molecular weight excluding hydrogens is 370 g/mol. The van der Waals surface area contributed by atoms with Gasteiger partial charge in [-0.25, -0.2) is 4.79 Å². The van der Waals surface area contributed by atoms with Crippen molar-refractivity contribution in [3.63, 3.8) is 0 Å². The molecule has 4 unspecified atom stereocenters. The topological polar surface area (TPSA) is 214 Å². The van der Waals surface area contributed by atoms with E-state index in [1.807, 2.05) is 0 Å². The number of carbonyl (C=O) groups excluding carboxylic acids is 4. The number of thiol groups is 1. The van der Waals surface area contributed by atoms with E-state index in [-0.39, 0.29) is 5.75 Å². The molecule has 12 nitrogen and oxygen atoms in total. The summed E-state index contributed by atoms with van der Waals surface area (Å²) in [6, 6.07) is -5.25. The first-order valence-corrected chi connectivity index (χ1v) is 8.06. The summed E-state index contributed by atoms with van der Waals surface area (Å²) in [5, 5.41) is 24.5. The number of aliphatic hydroxyl groups is 1. The predicted molar refractivity (Wildman–Crippen MR) is 91.8 cm³/mol. The van der Waals surface area contributed by atoms with Gasteiger partial charge in [-0.1, -0.05) is 0 Å². The van der Waals surface area contributed by atoms with Crippen molar-refractivity contribution in [1.82, 2.24) is 16.0 Å². The number of amides is 4. The number of rotatable bonds is 11. The molecule has 0 saturated carbocycles. The fourth-order valence-electron chi connectivity index (χ4n) is 1.64. The molecule has 0 aromatic carbocycles. The average molecular weight is 393 g/mol. The molecule has 0 spiro atoms. The van der Waals surface area contributed by atoms with Gasteiger partial charge in [0.25, 0.3) is 0 Å². The average Bonchev–Trinajstić information content (AvgIpc) is 2.55. The Morgan fingerprint density at radius 1 is 0.962 bits per heavy atom. The van der Waals surface area contributed by atoms with Gasteiger partial charge in [0, 0.05) is 5.75 Å². The van der Waals surface area contributed by atoms with Gasteiger partial charge in [-0.05, 0) is 6.92 Å². The number of nitrogens with two attached hydrogens (primary N) is 2. The second-order valence-corrected chi connectivity index (χ2v) is 5.71. The molecule has 0 aliphatic heterocycles. The number of carboxylic acids is 1. The Hall–Kier alpha value is -2.38. The van der Waals surface area contributed by atoms with E-state index >= 15 is 0 Å². The second kappa shape index (κ2) is 11.3. The van der Waals surface area contributed by atoms with E-state index in [1.54, 1.807) is 0 Å². The second-order valence-electron chi connectivity index (χ2n) is 5.35. The lowest BCUT2D eigenvalue weighted by molar-refractivity contribution is -0.141. The molecule has 148 valence electrons. The Morgan fingerprint density at radius 2 is 1.42 bits per heavy atom. The molecule has 0 bridgehead atoms. The summed E-state index contributed by atoms with van der Waals surface area (Å²) >= 11 is 3.78. The van der Waals surface area contributed by atoms with E-state index in [4.69, 9.17) is 16.6 Å². The van der Waals surface area contributed by atoms with Gasteiger partial charge in [0.1, 0.15) is 18.1 Å². The van der Waals surface area contributed by atoms with Crippen LogP contribution in [0.5, 0.6) is 0 Å². The van der Waals surface area contributed by atoms with Crippen LogP contribution in [0.15, 0.2) is 0 Å². The normalized spacial score (nSPS) is 15.1. The van der Waals surface area contributed by atoms with Gasteiger partial charge in [-0.15, -0.1) is 0 Å². The summed E-state index contributed by atoms with van der Waals surface area (Å²) in [5.41, 5.74) is 10.4. The van der Waals surface area contributed by atoms with Crippen LogP contribution in [0.1, 0.15) is 13.3 Å². The van der Waals surface area contributed by atoms with Gasteiger partial charge in [-0.2, -0.15) is 12.6 Å². The van der Waals surface area contributed by atoms with Crippen molar-refractivity contribution in [3.05, 3.63) is 0 Å². The van der Waals surface area contributed by atoms with Crippen molar-refractivity contribution >= 4 is 42.2 Å². The summed E-state index contributed by atoms with van der Waals surface area (Å²) in [6.07, 6.45) is -0.629. The van der Waals surface area contributed by atoms with Crippen LogP contribution in [0, 0.1) is 0 Å². The van der Waals surface area contributed by atoms with Crippen LogP contribution in [0.3, 0.4) is 0 Å². The number of aliphatic hydroxyl groups excluding tert-OH is 1. The van der Waals surface area contributed by atoms with Gasteiger partial charge in [0.15, 0.2) is 0 Å². The molecule has 0 rings (SSSR count). The predicted octanol–water partition coefficient (Wildman–Crippen LogP) is -4.33. The van der Waals surface area contributed by atoms with E-state index < -0.39 is 66.8 Å². The Kier molecular flexibility index (Phi) is 10.2. The molecule has 0 aromatic rings. The zero-order chi connectivity index (χ0) is 20.4. The van der Waals surface area contributed by atoms with Gasteiger partial charge < -0.3 is 37.6 Å². The van der Waals surface area contributed by atoms with E-state index in [0.29, 0.717) is 0 Å². The Labute approximate surface area is 154 Å². The molecule has 0 heterocycles. The van der Waals surface area contributed by atoms with Crippen molar-refractivity contribution in [1.29, 1.82) is 0 Å². The minimum Gasteiger partial charge on any atom is -0.480 e. The minimum atomic E-state index is -1.51. The van der Waals surface area contributed by atoms with Gasteiger partial charge in [0.2, 0.25) is 23.6 Å². The van der Waals surface area contributed by atoms with Crippen molar-refractivity contribution in [2.45, 2.75) is 37.5 Å². The van der Waals surface area contributed by atoms with Crippen LogP contribution in [-0.4, -0.2) is 76.3 Å². The standard InChI is InChI=1S/C13H23N5O7S/c1-5(14)10(21)17-7(3-19)12(23)16-6(2-9(15)20)11(22)18-8(4-26)13(24)25/h5-8,19,26H,2-4,14H2,1H3,(H2,15,20)(H,16,23)(H,17,21)(H,18,22)(H,24,25). The summed E-state index contributed by atoms with van der Waals surface area (Å²) in [6.45, 7) is 0.554. The fourth-order valence-corrected chi connectivity index (χ4v) is 1.89. The molecule has 0 aliphatic rings. The number of hydrogen-bond donors (Lipinski definition) is 8. The number of carboxylic acid groups (broad SMARTS) is 1. The van der Waals surface area contributed by atoms with Gasteiger partial charge >= 0.3 is 5.97 Å². The zero-order valence-corrected chi connectivity index (χ0v) is 14.9. The van der Waals surface area contributed by atoms with Crippen LogP contribution >= 0.6 is 12.6 Å². The highest BCUT2D eigenvalue weighted by Crippen LogP contribution is 1.98. The van der Waals surface area contributed by atoms with Crippen molar-refractivity contribution in [2.75, 3.05) is 12.4 Å². The molecule has 0 saturated heterocycles. The molecule has 26 heavy (non-hydrogen) atoms. The molecule has 0 aromatic heterocycles. The Bertz CT molecular complexity index is 557. The smallest absolute Gasteiger partial charge is 0.327 e. The van der Waals surface area contributed by atoms with E-state index in [2.05, 4.69) is 28.6 Å². The lowest BCUT2D eigenvalue weighted by Crippen LogP contribution is -2.58. The van der Waals surface area contributed by atoms with Crippen molar-refractivity contribution in [3.8, 4) is 0 Å². The first-order valence-electron chi connectivity index (χ1n) is 7.43. The third kappa shape index (κ3) is 8.13. The molecule has 4 atom stereocenters. The summed E-state index contributed by atoms with van der Waals surface area (Å²) in [4.78, 5) is 57.8. The Balaban J connectivity index is 5.15. The minimum absolute atomic E-state index is 0.234. The lowest BCUT2D eigenvalue weighted by atomic mass is 10.1. The number of primary amides is 1. The van der Waals surface area contributed by atoms with Crippen molar-refractivity contribution in [2.24, 2.45) is 11.5 Å². The van der Waals surface area contributed by atoms with Gasteiger partial charge in [-0.3, -0.25) is 19.2 Å². The maximum absolute atomic E-state index is 12.1. The number of aliphatic carboxylic acids is 1. The quantitative estimate of drug-likeness (QED) is 0.160. The highest BCUT2D eigenvalue weighted by atomic mass is 32.1.